The molecule has 0 amide bonds. The second-order valence-corrected chi connectivity index (χ2v) is 6.41. The van der Waals surface area contributed by atoms with Gasteiger partial charge in [0.2, 0.25) is 0 Å². The van der Waals surface area contributed by atoms with Crippen molar-refractivity contribution < 1.29 is 4.39 Å². The fourth-order valence-corrected chi connectivity index (χ4v) is 2.85. The molecule has 2 aromatic carbocycles. The van der Waals surface area contributed by atoms with Gasteiger partial charge in [0, 0.05) is 18.4 Å². The summed E-state index contributed by atoms with van der Waals surface area (Å²) in [4.78, 5) is 2.03. The van der Waals surface area contributed by atoms with E-state index < -0.39 is 0 Å². The number of rotatable bonds is 4. The number of aryl methyl sites for hydroxylation is 1. The molecule has 120 valence electrons. The molecule has 0 bridgehead atoms. The van der Waals surface area contributed by atoms with Crippen LogP contribution in [0.2, 0.25) is 0 Å². The molecule has 3 heteroatoms. The van der Waals surface area contributed by atoms with Gasteiger partial charge in [-0.15, -0.1) is 0 Å². The molecule has 0 fully saturated rings. The van der Waals surface area contributed by atoms with Crippen molar-refractivity contribution in [1.29, 1.82) is 5.26 Å². The summed E-state index contributed by atoms with van der Waals surface area (Å²) in [6, 6.07) is 12.5. The molecule has 0 aliphatic heterocycles. The van der Waals surface area contributed by atoms with E-state index in [1.165, 1.54) is 17.7 Å². The normalized spacial score (nSPS) is 12.1. The maximum Gasteiger partial charge on any atom is 0.123 e. The van der Waals surface area contributed by atoms with Crippen LogP contribution in [-0.2, 0) is 0 Å². The summed E-state index contributed by atoms with van der Waals surface area (Å²) >= 11 is 0. The van der Waals surface area contributed by atoms with Crippen LogP contribution in [0.4, 0.5) is 15.8 Å². The summed E-state index contributed by atoms with van der Waals surface area (Å²) in [5.74, 6) is 0.600. The highest BCUT2D eigenvalue weighted by Crippen LogP contribution is 2.38. The molecule has 0 aromatic heterocycles. The van der Waals surface area contributed by atoms with E-state index in [-0.39, 0.29) is 5.82 Å². The average Bonchev–Trinajstić information content (AvgIpc) is 2.53. The maximum atomic E-state index is 13.2. The lowest BCUT2D eigenvalue weighted by Gasteiger charge is -2.28. The van der Waals surface area contributed by atoms with Gasteiger partial charge < -0.3 is 4.90 Å². The predicted octanol–water partition coefficient (Wildman–Crippen LogP) is 5.53. The third-order valence-electron chi connectivity index (χ3n) is 4.52. The van der Waals surface area contributed by atoms with Gasteiger partial charge in [-0.2, -0.15) is 5.26 Å². The summed E-state index contributed by atoms with van der Waals surface area (Å²) in [5, 5.41) is 9.30. The van der Waals surface area contributed by atoms with Crippen LogP contribution in [0.3, 0.4) is 0 Å². The number of benzene rings is 2. The Morgan fingerprint density at radius 3 is 2.22 bits per heavy atom. The van der Waals surface area contributed by atoms with Gasteiger partial charge >= 0.3 is 0 Å². The lowest BCUT2D eigenvalue weighted by atomic mass is 9.85. The van der Waals surface area contributed by atoms with Crippen molar-refractivity contribution in [2.75, 3.05) is 11.9 Å². The molecular formula is C20H23FN2. The molecule has 0 aliphatic rings. The third kappa shape index (κ3) is 3.53. The second-order valence-electron chi connectivity index (χ2n) is 6.41. The van der Waals surface area contributed by atoms with Crippen molar-refractivity contribution in [2.24, 2.45) is 5.92 Å². The van der Waals surface area contributed by atoms with Gasteiger partial charge in [-0.25, -0.2) is 4.39 Å². The van der Waals surface area contributed by atoms with Crippen LogP contribution >= 0.6 is 0 Å². The molecule has 0 radical (unpaired) electrons. The average molecular weight is 310 g/mol. The molecule has 0 saturated carbocycles. The van der Waals surface area contributed by atoms with Crippen LogP contribution in [-0.4, -0.2) is 7.05 Å². The van der Waals surface area contributed by atoms with E-state index in [0.29, 0.717) is 17.4 Å². The van der Waals surface area contributed by atoms with Gasteiger partial charge in [0.15, 0.2) is 0 Å². The third-order valence-corrected chi connectivity index (χ3v) is 4.52. The van der Waals surface area contributed by atoms with E-state index in [2.05, 4.69) is 33.8 Å². The van der Waals surface area contributed by atoms with E-state index in [9.17, 15) is 9.65 Å². The fraction of sp³-hybridized carbons (Fsp3) is 0.350. The lowest BCUT2D eigenvalue weighted by Crippen LogP contribution is -2.16. The van der Waals surface area contributed by atoms with Crippen LogP contribution in [0.1, 0.15) is 43.4 Å². The Balaban J connectivity index is 2.60. The van der Waals surface area contributed by atoms with Crippen LogP contribution in [0.25, 0.3) is 0 Å². The van der Waals surface area contributed by atoms with Crippen LogP contribution in [0.15, 0.2) is 36.4 Å². The Kier molecular flexibility index (Phi) is 5.05. The lowest BCUT2D eigenvalue weighted by molar-refractivity contribution is 0.533. The second kappa shape index (κ2) is 6.83. The van der Waals surface area contributed by atoms with E-state index in [1.807, 2.05) is 24.1 Å². The largest absolute Gasteiger partial charge is 0.344 e. The number of nitriles is 1. The molecule has 2 rings (SSSR count). The minimum Gasteiger partial charge on any atom is -0.344 e. The molecule has 1 atom stereocenters. The Bertz CT molecular complexity index is 727. The van der Waals surface area contributed by atoms with Crippen molar-refractivity contribution >= 4 is 11.4 Å². The summed E-state index contributed by atoms with van der Waals surface area (Å²) in [6.45, 7) is 8.66. The quantitative estimate of drug-likeness (QED) is 0.742. The Hall–Kier alpha value is -2.34. The van der Waals surface area contributed by atoms with Gasteiger partial charge in [-0.3, -0.25) is 0 Å². The van der Waals surface area contributed by atoms with E-state index in [4.69, 9.17) is 0 Å². The van der Waals surface area contributed by atoms with Crippen molar-refractivity contribution in [3.05, 3.63) is 58.9 Å². The first kappa shape index (κ1) is 17.0. The van der Waals surface area contributed by atoms with Gasteiger partial charge in [-0.1, -0.05) is 20.8 Å². The van der Waals surface area contributed by atoms with Gasteiger partial charge in [0.25, 0.3) is 0 Å². The number of nitrogens with zero attached hydrogens (tertiary/aromatic N) is 2. The predicted molar refractivity (Wildman–Crippen MR) is 93.6 cm³/mol. The van der Waals surface area contributed by atoms with Crippen molar-refractivity contribution in [2.45, 2.75) is 33.6 Å². The fourth-order valence-electron chi connectivity index (χ4n) is 2.85. The van der Waals surface area contributed by atoms with Crippen molar-refractivity contribution in [1.82, 2.24) is 0 Å². The molecule has 0 aliphatic carbocycles. The minimum atomic E-state index is -0.250. The summed E-state index contributed by atoms with van der Waals surface area (Å²) < 4.78 is 13.2. The molecular weight excluding hydrogens is 287 g/mol. The van der Waals surface area contributed by atoms with E-state index >= 15 is 0 Å². The molecule has 1 unspecified atom stereocenters. The Labute approximate surface area is 138 Å². The van der Waals surface area contributed by atoms with E-state index in [1.54, 1.807) is 12.1 Å². The zero-order valence-electron chi connectivity index (χ0n) is 14.4. The first-order chi connectivity index (χ1) is 10.8. The summed E-state index contributed by atoms with van der Waals surface area (Å²) in [6.07, 6.45) is 0. The first-order valence-corrected chi connectivity index (χ1v) is 7.89. The topological polar surface area (TPSA) is 27.0 Å². The molecule has 23 heavy (non-hydrogen) atoms. The highest BCUT2D eigenvalue weighted by Gasteiger charge is 2.20. The Morgan fingerprint density at radius 2 is 1.70 bits per heavy atom. The minimum absolute atomic E-state index is 0.250. The summed E-state index contributed by atoms with van der Waals surface area (Å²) in [7, 11) is 1.96. The highest BCUT2D eigenvalue weighted by molar-refractivity contribution is 5.70. The molecule has 2 nitrogen and oxygen atoms in total. The molecule has 0 spiro atoms. The SMILES string of the molecule is Cc1cc(C#N)cc(N(C)c2ccc(F)cc2)c1C(C)C(C)C. The Morgan fingerprint density at radius 1 is 1.09 bits per heavy atom. The van der Waals surface area contributed by atoms with Gasteiger partial charge in [0.1, 0.15) is 5.82 Å². The van der Waals surface area contributed by atoms with Crippen LogP contribution in [0.5, 0.6) is 0 Å². The van der Waals surface area contributed by atoms with Gasteiger partial charge in [0.05, 0.1) is 11.6 Å². The monoisotopic (exact) mass is 310 g/mol. The molecule has 2 aromatic rings. The number of hydrogen-bond acceptors (Lipinski definition) is 2. The van der Waals surface area contributed by atoms with Crippen LogP contribution in [0, 0.1) is 30.0 Å². The first-order valence-electron chi connectivity index (χ1n) is 7.89. The zero-order valence-corrected chi connectivity index (χ0v) is 14.4. The smallest absolute Gasteiger partial charge is 0.123 e. The highest BCUT2D eigenvalue weighted by atomic mass is 19.1. The molecule has 0 saturated heterocycles. The van der Waals surface area contributed by atoms with Crippen molar-refractivity contribution in [3.8, 4) is 6.07 Å². The zero-order chi connectivity index (χ0) is 17.1. The molecule has 0 heterocycles. The van der Waals surface area contributed by atoms with Crippen molar-refractivity contribution in [3.63, 3.8) is 0 Å². The number of hydrogen-bond donors (Lipinski definition) is 0. The van der Waals surface area contributed by atoms with Crippen LogP contribution < -0.4 is 4.90 Å². The summed E-state index contributed by atoms with van der Waals surface area (Å²) in [5.41, 5.74) is 4.92. The number of anilines is 2. The maximum absolute atomic E-state index is 13.2. The van der Waals surface area contributed by atoms with E-state index in [0.717, 1.165) is 16.9 Å². The van der Waals surface area contributed by atoms with Gasteiger partial charge in [-0.05, 0) is 66.3 Å². The standard InChI is InChI=1S/C20H23FN2/c1-13(2)15(4)20-14(3)10-16(12-22)11-19(20)23(5)18-8-6-17(21)7-9-18/h6-11,13,15H,1-5H3. The number of halogens is 1. The molecule has 0 N–H and O–H groups in total.